The minimum atomic E-state index is 0.0610. The van der Waals surface area contributed by atoms with E-state index in [0.717, 1.165) is 42.9 Å². The van der Waals surface area contributed by atoms with Crippen LogP contribution in [0.15, 0.2) is 22.6 Å². The van der Waals surface area contributed by atoms with Crippen LogP contribution in [0.3, 0.4) is 0 Å². The molecule has 2 aromatic rings. The fraction of sp³-hybridized carbons (Fsp3) is 0.462. The molecule has 3 nitrogen and oxygen atoms in total. The van der Waals surface area contributed by atoms with E-state index >= 15 is 0 Å². The summed E-state index contributed by atoms with van der Waals surface area (Å²) in [4.78, 5) is 4.61. The van der Waals surface area contributed by atoms with Crippen LogP contribution in [0.25, 0.3) is 11.1 Å². The largest absolute Gasteiger partial charge is 0.440 e. The summed E-state index contributed by atoms with van der Waals surface area (Å²) in [6.07, 6.45) is 2.13. The molecule has 1 fully saturated rings. The second-order valence-electron chi connectivity index (χ2n) is 4.69. The number of hydrogen-bond acceptors (Lipinski definition) is 3. The highest BCUT2D eigenvalue weighted by Gasteiger charge is 2.38. The maximum Gasteiger partial charge on any atom is 0.203 e. The Balaban J connectivity index is 2.11. The van der Waals surface area contributed by atoms with Crippen molar-refractivity contribution >= 4 is 22.7 Å². The van der Waals surface area contributed by atoms with E-state index in [1.54, 1.807) is 0 Å². The standard InChI is InChI=1S/C13H15ClN2O/c1-2-13(5-6-15-8-13)12-16-10-7-9(14)3-4-11(10)17-12/h3-4,7,15H,2,5-6,8H2,1H3. The zero-order chi connectivity index (χ0) is 11.9. The summed E-state index contributed by atoms with van der Waals surface area (Å²) in [5.41, 5.74) is 1.74. The lowest BCUT2D eigenvalue weighted by Gasteiger charge is -2.21. The third-order valence-corrected chi connectivity index (χ3v) is 3.96. The number of nitrogens with one attached hydrogen (secondary N) is 1. The van der Waals surface area contributed by atoms with Gasteiger partial charge in [0.2, 0.25) is 5.89 Å². The lowest BCUT2D eigenvalue weighted by Crippen LogP contribution is -2.28. The summed E-state index contributed by atoms with van der Waals surface area (Å²) >= 11 is 5.96. The fourth-order valence-corrected chi connectivity index (χ4v) is 2.67. The molecule has 1 atom stereocenters. The topological polar surface area (TPSA) is 38.1 Å². The quantitative estimate of drug-likeness (QED) is 0.890. The number of halogens is 1. The molecule has 1 aliphatic heterocycles. The molecule has 1 N–H and O–H groups in total. The predicted molar refractivity (Wildman–Crippen MR) is 68.5 cm³/mol. The Morgan fingerprint density at radius 1 is 1.53 bits per heavy atom. The first kappa shape index (κ1) is 11.1. The van der Waals surface area contributed by atoms with Gasteiger partial charge in [0.1, 0.15) is 5.52 Å². The van der Waals surface area contributed by atoms with Gasteiger partial charge in [0.05, 0.1) is 5.41 Å². The second-order valence-corrected chi connectivity index (χ2v) is 5.13. The van der Waals surface area contributed by atoms with Crippen molar-refractivity contribution in [2.24, 2.45) is 0 Å². The highest BCUT2D eigenvalue weighted by atomic mass is 35.5. The van der Waals surface area contributed by atoms with E-state index in [-0.39, 0.29) is 5.41 Å². The van der Waals surface area contributed by atoms with Crippen molar-refractivity contribution < 1.29 is 4.42 Å². The van der Waals surface area contributed by atoms with Gasteiger partial charge in [0.25, 0.3) is 0 Å². The Morgan fingerprint density at radius 3 is 3.12 bits per heavy atom. The summed E-state index contributed by atoms with van der Waals surface area (Å²) in [6.45, 7) is 4.17. The lowest BCUT2D eigenvalue weighted by molar-refractivity contribution is 0.344. The Bertz CT molecular complexity index is 543. The van der Waals surface area contributed by atoms with Crippen LogP contribution in [-0.2, 0) is 5.41 Å². The molecule has 1 unspecified atom stereocenters. The van der Waals surface area contributed by atoms with E-state index in [1.807, 2.05) is 18.2 Å². The van der Waals surface area contributed by atoms with Gasteiger partial charge in [-0.1, -0.05) is 18.5 Å². The first-order chi connectivity index (χ1) is 8.23. The van der Waals surface area contributed by atoms with Crippen LogP contribution in [0.1, 0.15) is 25.7 Å². The molecular formula is C13H15ClN2O. The van der Waals surface area contributed by atoms with Crippen molar-refractivity contribution in [3.8, 4) is 0 Å². The monoisotopic (exact) mass is 250 g/mol. The average molecular weight is 251 g/mol. The molecule has 1 saturated heterocycles. The van der Waals surface area contributed by atoms with Crippen LogP contribution < -0.4 is 5.32 Å². The highest BCUT2D eigenvalue weighted by Crippen LogP contribution is 2.35. The number of oxazole rings is 1. The Hall–Kier alpha value is -1.06. The van der Waals surface area contributed by atoms with Crippen molar-refractivity contribution in [1.29, 1.82) is 0 Å². The SMILES string of the molecule is CCC1(c2nc3cc(Cl)ccc3o2)CCNC1. The van der Waals surface area contributed by atoms with E-state index in [0.29, 0.717) is 5.02 Å². The molecule has 0 saturated carbocycles. The molecule has 90 valence electrons. The number of rotatable bonds is 2. The minimum Gasteiger partial charge on any atom is -0.440 e. The third-order valence-electron chi connectivity index (χ3n) is 3.72. The third kappa shape index (κ3) is 1.74. The van der Waals surface area contributed by atoms with Crippen LogP contribution in [0.4, 0.5) is 0 Å². The first-order valence-corrected chi connectivity index (χ1v) is 6.39. The van der Waals surface area contributed by atoms with Crippen molar-refractivity contribution in [2.45, 2.75) is 25.2 Å². The van der Waals surface area contributed by atoms with Crippen LogP contribution >= 0.6 is 11.6 Å². The molecule has 0 bridgehead atoms. The summed E-state index contributed by atoms with van der Waals surface area (Å²) in [6, 6.07) is 5.58. The molecular weight excluding hydrogens is 236 g/mol. The number of benzene rings is 1. The highest BCUT2D eigenvalue weighted by molar-refractivity contribution is 6.31. The zero-order valence-corrected chi connectivity index (χ0v) is 10.5. The van der Waals surface area contributed by atoms with Crippen molar-refractivity contribution in [2.75, 3.05) is 13.1 Å². The van der Waals surface area contributed by atoms with Crippen LogP contribution in [0, 0.1) is 0 Å². The molecule has 1 aromatic heterocycles. The summed E-state index contributed by atoms with van der Waals surface area (Å²) in [5, 5.41) is 4.09. The number of nitrogens with zero attached hydrogens (tertiary/aromatic N) is 1. The minimum absolute atomic E-state index is 0.0610. The number of hydrogen-bond donors (Lipinski definition) is 1. The van der Waals surface area contributed by atoms with Crippen molar-refractivity contribution in [1.82, 2.24) is 10.3 Å². The maximum absolute atomic E-state index is 5.96. The molecule has 0 radical (unpaired) electrons. The smallest absolute Gasteiger partial charge is 0.203 e. The van der Waals surface area contributed by atoms with Crippen LogP contribution in [0.5, 0.6) is 0 Å². The normalized spacial score (nSPS) is 24.6. The summed E-state index contributed by atoms with van der Waals surface area (Å²) < 4.78 is 5.89. The maximum atomic E-state index is 5.96. The van der Waals surface area contributed by atoms with Gasteiger partial charge in [-0.05, 0) is 37.6 Å². The van der Waals surface area contributed by atoms with E-state index in [1.165, 1.54) is 0 Å². The number of aromatic nitrogens is 1. The molecule has 1 aromatic carbocycles. The van der Waals surface area contributed by atoms with Crippen LogP contribution in [-0.4, -0.2) is 18.1 Å². The van der Waals surface area contributed by atoms with Gasteiger partial charge in [-0.2, -0.15) is 0 Å². The van der Waals surface area contributed by atoms with Gasteiger partial charge in [0.15, 0.2) is 5.58 Å². The van der Waals surface area contributed by atoms with E-state index < -0.39 is 0 Å². The Morgan fingerprint density at radius 2 is 2.41 bits per heavy atom. The molecule has 17 heavy (non-hydrogen) atoms. The molecule has 4 heteroatoms. The van der Waals surface area contributed by atoms with Gasteiger partial charge in [0, 0.05) is 11.6 Å². The van der Waals surface area contributed by atoms with Gasteiger partial charge in [-0.3, -0.25) is 0 Å². The molecule has 0 amide bonds. The number of fused-ring (bicyclic) bond motifs is 1. The van der Waals surface area contributed by atoms with Crippen molar-refractivity contribution in [3.63, 3.8) is 0 Å². The Kier molecular flexibility index (Phi) is 2.60. The second kappa shape index (κ2) is 4.00. The van der Waals surface area contributed by atoms with E-state index in [4.69, 9.17) is 16.0 Å². The van der Waals surface area contributed by atoms with Gasteiger partial charge in [-0.15, -0.1) is 0 Å². The molecule has 0 aliphatic carbocycles. The molecule has 1 aliphatic rings. The predicted octanol–water partition coefficient (Wildman–Crippen LogP) is 3.12. The van der Waals surface area contributed by atoms with Crippen molar-refractivity contribution in [3.05, 3.63) is 29.1 Å². The zero-order valence-electron chi connectivity index (χ0n) is 9.79. The Labute approximate surface area is 105 Å². The lowest BCUT2D eigenvalue weighted by atomic mass is 9.84. The van der Waals surface area contributed by atoms with Crippen LogP contribution in [0.2, 0.25) is 5.02 Å². The van der Waals surface area contributed by atoms with E-state index in [2.05, 4.69) is 17.2 Å². The van der Waals surface area contributed by atoms with E-state index in [9.17, 15) is 0 Å². The fourth-order valence-electron chi connectivity index (χ4n) is 2.51. The van der Waals surface area contributed by atoms with Gasteiger partial charge < -0.3 is 9.73 Å². The summed E-state index contributed by atoms with van der Waals surface area (Å²) in [5.74, 6) is 0.849. The molecule has 3 rings (SSSR count). The average Bonchev–Trinajstić information content (AvgIpc) is 2.94. The van der Waals surface area contributed by atoms with Gasteiger partial charge in [-0.25, -0.2) is 4.98 Å². The molecule has 0 spiro atoms. The summed E-state index contributed by atoms with van der Waals surface area (Å²) in [7, 11) is 0. The van der Waals surface area contributed by atoms with Gasteiger partial charge >= 0.3 is 0 Å². The first-order valence-electron chi connectivity index (χ1n) is 6.01. The molecule has 2 heterocycles.